The van der Waals surface area contributed by atoms with Crippen LogP contribution < -0.4 is 10.6 Å². The Labute approximate surface area is 116 Å². The van der Waals surface area contributed by atoms with Crippen LogP contribution >= 0.6 is 15.9 Å². The second-order valence-corrected chi connectivity index (χ2v) is 5.82. The molecule has 3 nitrogen and oxygen atoms in total. The van der Waals surface area contributed by atoms with E-state index in [0.717, 1.165) is 29.5 Å². The summed E-state index contributed by atoms with van der Waals surface area (Å²) in [7, 11) is 0. The minimum absolute atomic E-state index is 0.0694. The predicted molar refractivity (Wildman–Crippen MR) is 76.3 cm³/mol. The van der Waals surface area contributed by atoms with Gasteiger partial charge in [0.2, 0.25) is 5.91 Å². The molecule has 4 heteroatoms. The molecule has 18 heavy (non-hydrogen) atoms. The van der Waals surface area contributed by atoms with E-state index >= 15 is 0 Å². The Kier molecular flexibility index (Phi) is 4.78. The zero-order valence-electron chi connectivity index (χ0n) is 10.6. The Morgan fingerprint density at radius 3 is 2.83 bits per heavy atom. The van der Waals surface area contributed by atoms with E-state index in [2.05, 4.69) is 26.6 Å². The van der Waals surface area contributed by atoms with Crippen LogP contribution in [0.25, 0.3) is 0 Å². The number of halogens is 1. The molecule has 1 aromatic rings. The Balaban J connectivity index is 1.84. The van der Waals surface area contributed by atoms with E-state index in [1.165, 1.54) is 0 Å². The third-order valence-electron chi connectivity index (χ3n) is 3.38. The minimum Gasteiger partial charge on any atom is -0.350 e. The standard InChI is InChI=1S/C14H19BrN2O/c1-10(12-2-4-13(15)5-3-12)17-14(18)8-11-6-7-16-9-11/h2-5,10-11,16H,6-9H2,1H3,(H,17,18)/t10-,11?/m1/s1. The molecule has 1 amide bonds. The lowest BCUT2D eigenvalue weighted by Crippen LogP contribution is -2.28. The number of hydrogen-bond acceptors (Lipinski definition) is 2. The van der Waals surface area contributed by atoms with E-state index in [-0.39, 0.29) is 11.9 Å². The topological polar surface area (TPSA) is 41.1 Å². The van der Waals surface area contributed by atoms with E-state index in [0.29, 0.717) is 12.3 Å². The lowest BCUT2D eigenvalue weighted by atomic mass is 10.0. The molecule has 1 aromatic carbocycles. The van der Waals surface area contributed by atoms with Gasteiger partial charge in [0.1, 0.15) is 0 Å². The van der Waals surface area contributed by atoms with Crippen molar-refractivity contribution in [1.29, 1.82) is 0 Å². The quantitative estimate of drug-likeness (QED) is 0.897. The summed E-state index contributed by atoms with van der Waals surface area (Å²) in [4.78, 5) is 11.9. The maximum atomic E-state index is 11.9. The number of carbonyl (C=O) groups is 1. The van der Waals surface area contributed by atoms with Crippen molar-refractivity contribution in [2.75, 3.05) is 13.1 Å². The highest BCUT2D eigenvalue weighted by molar-refractivity contribution is 9.10. The van der Waals surface area contributed by atoms with Gasteiger partial charge in [-0.3, -0.25) is 4.79 Å². The maximum absolute atomic E-state index is 11.9. The average Bonchev–Trinajstić information content (AvgIpc) is 2.82. The van der Waals surface area contributed by atoms with Crippen LogP contribution in [0.3, 0.4) is 0 Å². The van der Waals surface area contributed by atoms with Gasteiger partial charge in [-0.1, -0.05) is 28.1 Å². The second-order valence-electron chi connectivity index (χ2n) is 4.90. The van der Waals surface area contributed by atoms with Crippen LogP contribution in [0, 0.1) is 5.92 Å². The van der Waals surface area contributed by atoms with Crippen molar-refractivity contribution in [2.45, 2.75) is 25.8 Å². The summed E-state index contributed by atoms with van der Waals surface area (Å²) in [6.07, 6.45) is 1.74. The molecule has 1 heterocycles. The second kappa shape index (κ2) is 6.34. The highest BCUT2D eigenvalue weighted by Gasteiger charge is 2.19. The smallest absolute Gasteiger partial charge is 0.220 e. The molecule has 1 saturated heterocycles. The first-order chi connectivity index (χ1) is 8.65. The maximum Gasteiger partial charge on any atom is 0.220 e. The highest BCUT2D eigenvalue weighted by Crippen LogP contribution is 2.17. The number of carbonyl (C=O) groups excluding carboxylic acids is 1. The van der Waals surface area contributed by atoms with Gasteiger partial charge in [-0.15, -0.1) is 0 Å². The molecule has 0 aromatic heterocycles. The average molecular weight is 311 g/mol. The monoisotopic (exact) mass is 310 g/mol. The van der Waals surface area contributed by atoms with Gasteiger partial charge >= 0.3 is 0 Å². The summed E-state index contributed by atoms with van der Waals surface area (Å²) in [5, 5.41) is 6.34. The molecule has 0 radical (unpaired) electrons. The molecule has 2 rings (SSSR count). The van der Waals surface area contributed by atoms with Crippen LogP contribution in [0.4, 0.5) is 0 Å². The number of rotatable bonds is 4. The van der Waals surface area contributed by atoms with Crippen molar-refractivity contribution in [3.8, 4) is 0 Å². The summed E-state index contributed by atoms with van der Waals surface area (Å²) < 4.78 is 1.06. The lowest BCUT2D eigenvalue weighted by molar-refractivity contribution is -0.122. The number of amides is 1. The largest absolute Gasteiger partial charge is 0.350 e. The predicted octanol–water partition coefficient (Wildman–Crippen LogP) is 2.63. The third kappa shape index (κ3) is 3.82. The Bertz CT molecular complexity index is 399. The van der Waals surface area contributed by atoms with E-state index in [1.54, 1.807) is 0 Å². The molecule has 2 N–H and O–H groups in total. The number of hydrogen-bond donors (Lipinski definition) is 2. The summed E-state index contributed by atoms with van der Waals surface area (Å²) in [5.74, 6) is 0.654. The first-order valence-electron chi connectivity index (χ1n) is 6.40. The van der Waals surface area contributed by atoms with Crippen LogP contribution in [0.5, 0.6) is 0 Å². The molecule has 1 fully saturated rings. The van der Waals surface area contributed by atoms with Gasteiger partial charge in [0.15, 0.2) is 0 Å². The Morgan fingerprint density at radius 2 is 2.22 bits per heavy atom. The molecular formula is C14H19BrN2O. The summed E-state index contributed by atoms with van der Waals surface area (Å²) >= 11 is 3.41. The molecule has 0 aliphatic carbocycles. The van der Waals surface area contributed by atoms with Gasteiger partial charge in [0.25, 0.3) is 0 Å². The van der Waals surface area contributed by atoms with Crippen molar-refractivity contribution in [3.63, 3.8) is 0 Å². The fourth-order valence-corrected chi connectivity index (χ4v) is 2.55. The normalized spacial score (nSPS) is 20.7. The van der Waals surface area contributed by atoms with Crippen LogP contribution in [0.1, 0.15) is 31.4 Å². The van der Waals surface area contributed by atoms with Crippen molar-refractivity contribution >= 4 is 21.8 Å². The molecule has 1 aliphatic rings. The van der Waals surface area contributed by atoms with Gasteiger partial charge in [-0.05, 0) is 50.0 Å². The van der Waals surface area contributed by atoms with Crippen molar-refractivity contribution in [1.82, 2.24) is 10.6 Å². The summed E-state index contributed by atoms with van der Waals surface area (Å²) in [5.41, 5.74) is 1.14. The van der Waals surface area contributed by atoms with E-state index in [1.807, 2.05) is 31.2 Å². The molecule has 0 saturated carbocycles. The Hall–Kier alpha value is -0.870. The lowest BCUT2D eigenvalue weighted by Gasteiger charge is -2.16. The fraction of sp³-hybridized carbons (Fsp3) is 0.500. The molecule has 2 atom stereocenters. The zero-order valence-corrected chi connectivity index (χ0v) is 12.2. The summed E-state index contributed by atoms with van der Waals surface area (Å²) in [6, 6.07) is 8.13. The van der Waals surface area contributed by atoms with Gasteiger partial charge < -0.3 is 10.6 Å². The Morgan fingerprint density at radius 1 is 1.50 bits per heavy atom. The summed E-state index contributed by atoms with van der Waals surface area (Å²) in [6.45, 7) is 4.04. The molecule has 1 unspecified atom stereocenters. The first kappa shape index (κ1) is 13.6. The molecule has 0 spiro atoms. The van der Waals surface area contributed by atoms with Crippen LogP contribution in [0.15, 0.2) is 28.7 Å². The van der Waals surface area contributed by atoms with Gasteiger partial charge in [-0.2, -0.15) is 0 Å². The van der Waals surface area contributed by atoms with Crippen LogP contribution in [-0.2, 0) is 4.79 Å². The molecule has 1 aliphatic heterocycles. The minimum atomic E-state index is 0.0694. The van der Waals surface area contributed by atoms with Crippen LogP contribution in [0.2, 0.25) is 0 Å². The van der Waals surface area contributed by atoms with Gasteiger partial charge in [-0.25, -0.2) is 0 Å². The van der Waals surface area contributed by atoms with Crippen LogP contribution in [-0.4, -0.2) is 19.0 Å². The molecule has 0 bridgehead atoms. The zero-order chi connectivity index (χ0) is 13.0. The van der Waals surface area contributed by atoms with Crippen molar-refractivity contribution in [3.05, 3.63) is 34.3 Å². The van der Waals surface area contributed by atoms with E-state index in [9.17, 15) is 4.79 Å². The number of benzene rings is 1. The SMILES string of the molecule is C[C@@H](NC(=O)CC1CCNC1)c1ccc(Br)cc1. The van der Waals surface area contributed by atoms with E-state index < -0.39 is 0 Å². The van der Waals surface area contributed by atoms with Gasteiger partial charge in [0.05, 0.1) is 6.04 Å². The first-order valence-corrected chi connectivity index (χ1v) is 7.20. The van der Waals surface area contributed by atoms with Crippen molar-refractivity contribution in [2.24, 2.45) is 5.92 Å². The molecule has 98 valence electrons. The third-order valence-corrected chi connectivity index (χ3v) is 3.91. The van der Waals surface area contributed by atoms with Crippen molar-refractivity contribution < 1.29 is 4.79 Å². The highest BCUT2D eigenvalue weighted by atomic mass is 79.9. The van der Waals surface area contributed by atoms with E-state index in [4.69, 9.17) is 0 Å². The fourth-order valence-electron chi connectivity index (χ4n) is 2.29. The molecular weight excluding hydrogens is 292 g/mol. The number of nitrogens with one attached hydrogen (secondary N) is 2. The van der Waals surface area contributed by atoms with Gasteiger partial charge in [0, 0.05) is 10.9 Å².